The van der Waals surface area contributed by atoms with Gasteiger partial charge in [-0.2, -0.15) is 5.10 Å². The number of carbonyl (C=O) groups is 1. The van der Waals surface area contributed by atoms with E-state index in [2.05, 4.69) is 20.3 Å². The van der Waals surface area contributed by atoms with Crippen LogP contribution in [0.3, 0.4) is 0 Å². The molecule has 0 unspecified atom stereocenters. The minimum absolute atomic E-state index is 0.0485. The number of nitrogens with one attached hydrogen (secondary N) is 1. The second-order valence-electron chi connectivity index (χ2n) is 5.40. The van der Waals surface area contributed by atoms with Crippen molar-refractivity contribution in [2.75, 3.05) is 18.0 Å². The van der Waals surface area contributed by atoms with Crippen molar-refractivity contribution in [2.45, 2.75) is 25.4 Å². The molecule has 1 saturated heterocycles. The summed E-state index contributed by atoms with van der Waals surface area (Å²) in [5.74, 6) is 0.910. The van der Waals surface area contributed by atoms with Crippen LogP contribution in [0.15, 0.2) is 36.8 Å². The zero-order valence-corrected chi connectivity index (χ0v) is 12.9. The summed E-state index contributed by atoms with van der Waals surface area (Å²) < 4.78 is 1.54. The Morgan fingerprint density at radius 1 is 1.45 bits per heavy atom. The zero-order valence-electron chi connectivity index (χ0n) is 12.2. The van der Waals surface area contributed by atoms with Gasteiger partial charge in [0.1, 0.15) is 12.4 Å². The maximum Gasteiger partial charge on any atom is 0.242 e. The summed E-state index contributed by atoms with van der Waals surface area (Å²) in [4.78, 5) is 18.7. The number of anilines is 1. The van der Waals surface area contributed by atoms with Gasteiger partial charge >= 0.3 is 0 Å². The average molecular weight is 320 g/mol. The molecule has 1 atom stereocenters. The van der Waals surface area contributed by atoms with E-state index >= 15 is 0 Å². The van der Waals surface area contributed by atoms with Gasteiger partial charge in [-0.05, 0) is 25.0 Å². The zero-order chi connectivity index (χ0) is 15.4. The van der Waals surface area contributed by atoms with Gasteiger partial charge in [-0.15, -0.1) is 0 Å². The van der Waals surface area contributed by atoms with Crippen LogP contribution >= 0.6 is 11.6 Å². The summed E-state index contributed by atoms with van der Waals surface area (Å²) in [6.07, 6.45) is 6.98. The first-order valence-corrected chi connectivity index (χ1v) is 7.72. The lowest BCUT2D eigenvalue weighted by molar-refractivity contribution is -0.122. The summed E-state index contributed by atoms with van der Waals surface area (Å²) in [5, 5.41) is 7.61. The molecule has 1 N–H and O–H groups in total. The van der Waals surface area contributed by atoms with E-state index in [-0.39, 0.29) is 18.5 Å². The Labute approximate surface area is 134 Å². The second-order valence-corrected chi connectivity index (χ2v) is 5.83. The normalized spacial score (nSPS) is 18.2. The molecular formula is C15H18ClN5O. The fourth-order valence-electron chi connectivity index (χ4n) is 2.69. The number of amides is 1. The molecule has 1 amide bonds. The Hall–Kier alpha value is -2.08. The number of pyridine rings is 1. The molecule has 3 heterocycles. The van der Waals surface area contributed by atoms with Gasteiger partial charge in [-0.25, -0.2) is 4.98 Å². The van der Waals surface area contributed by atoms with Gasteiger partial charge in [0.05, 0.1) is 11.2 Å². The van der Waals surface area contributed by atoms with Crippen LogP contribution in [0.4, 0.5) is 5.82 Å². The molecule has 1 aliphatic rings. The summed E-state index contributed by atoms with van der Waals surface area (Å²) in [7, 11) is 0. The number of piperidine rings is 1. The fraction of sp³-hybridized carbons (Fsp3) is 0.400. The van der Waals surface area contributed by atoms with E-state index in [1.165, 1.54) is 10.9 Å². The Kier molecular flexibility index (Phi) is 4.58. The van der Waals surface area contributed by atoms with Gasteiger partial charge < -0.3 is 10.2 Å². The number of aromatic nitrogens is 3. The van der Waals surface area contributed by atoms with Gasteiger partial charge in [0.2, 0.25) is 5.91 Å². The van der Waals surface area contributed by atoms with E-state index in [0.29, 0.717) is 5.02 Å². The van der Waals surface area contributed by atoms with Crippen molar-refractivity contribution in [3.8, 4) is 0 Å². The second kappa shape index (κ2) is 6.79. The summed E-state index contributed by atoms with van der Waals surface area (Å²) in [6.45, 7) is 1.94. The number of hydrogen-bond acceptors (Lipinski definition) is 4. The molecule has 0 spiro atoms. The molecule has 7 heteroatoms. The van der Waals surface area contributed by atoms with Crippen LogP contribution in [0, 0.1) is 0 Å². The van der Waals surface area contributed by atoms with Crippen LogP contribution in [-0.2, 0) is 11.3 Å². The van der Waals surface area contributed by atoms with Crippen LogP contribution in [0.25, 0.3) is 0 Å². The highest BCUT2D eigenvalue weighted by molar-refractivity contribution is 6.30. The molecule has 1 aliphatic heterocycles. The lowest BCUT2D eigenvalue weighted by atomic mass is 10.1. The van der Waals surface area contributed by atoms with E-state index in [9.17, 15) is 4.79 Å². The maximum absolute atomic E-state index is 12.1. The summed E-state index contributed by atoms with van der Waals surface area (Å²) in [5.41, 5.74) is 0. The van der Waals surface area contributed by atoms with Gasteiger partial charge in [-0.1, -0.05) is 17.7 Å². The van der Waals surface area contributed by atoms with Crippen molar-refractivity contribution in [2.24, 2.45) is 0 Å². The lowest BCUT2D eigenvalue weighted by Gasteiger charge is -2.33. The largest absolute Gasteiger partial charge is 0.355 e. The van der Waals surface area contributed by atoms with Crippen LogP contribution in [-0.4, -0.2) is 39.8 Å². The monoisotopic (exact) mass is 319 g/mol. The van der Waals surface area contributed by atoms with Crippen molar-refractivity contribution in [1.82, 2.24) is 20.1 Å². The van der Waals surface area contributed by atoms with Crippen LogP contribution in [0.1, 0.15) is 12.8 Å². The Morgan fingerprint density at radius 2 is 2.36 bits per heavy atom. The van der Waals surface area contributed by atoms with Crippen LogP contribution in [0.5, 0.6) is 0 Å². The molecule has 116 valence electrons. The maximum atomic E-state index is 12.1. The third-order valence-electron chi connectivity index (χ3n) is 3.67. The average Bonchev–Trinajstić information content (AvgIpc) is 2.93. The molecule has 3 rings (SSSR count). The molecule has 2 aromatic heterocycles. The van der Waals surface area contributed by atoms with Gasteiger partial charge in [0, 0.05) is 31.5 Å². The highest BCUT2D eigenvalue weighted by Crippen LogP contribution is 2.17. The third kappa shape index (κ3) is 3.76. The number of nitrogens with zero attached hydrogens (tertiary/aromatic N) is 4. The molecule has 22 heavy (non-hydrogen) atoms. The van der Waals surface area contributed by atoms with Gasteiger partial charge in [-0.3, -0.25) is 9.48 Å². The van der Waals surface area contributed by atoms with Crippen molar-refractivity contribution < 1.29 is 4.79 Å². The van der Waals surface area contributed by atoms with Gasteiger partial charge in [0.15, 0.2) is 0 Å². The number of halogens is 1. The molecule has 0 aliphatic carbocycles. The summed E-state index contributed by atoms with van der Waals surface area (Å²) >= 11 is 5.79. The van der Waals surface area contributed by atoms with E-state index < -0.39 is 0 Å². The first-order chi connectivity index (χ1) is 10.7. The fourth-order valence-corrected chi connectivity index (χ4v) is 2.85. The number of rotatable bonds is 4. The third-order valence-corrected chi connectivity index (χ3v) is 3.86. The quantitative estimate of drug-likeness (QED) is 0.932. The van der Waals surface area contributed by atoms with E-state index in [1.54, 1.807) is 12.4 Å². The van der Waals surface area contributed by atoms with E-state index in [0.717, 1.165) is 31.7 Å². The minimum Gasteiger partial charge on any atom is -0.355 e. The Morgan fingerprint density at radius 3 is 3.09 bits per heavy atom. The van der Waals surface area contributed by atoms with Crippen LogP contribution in [0.2, 0.25) is 5.02 Å². The van der Waals surface area contributed by atoms with Crippen LogP contribution < -0.4 is 10.2 Å². The highest BCUT2D eigenvalue weighted by Gasteiger charge is 2.22. The van der Waals surface area contributed by atoms with E-state index in [4.69, 9.17) is 11.6 Å². The molecule has 0 bridgehead atoms. The first kappa shape index (κ1) is 14.8. The smallest absolute Gasteiger partial charge is 0.242 e. The molecular weight excluding hydrogens is 302 g/mol. The minimum atomic E-state index is -0.0485. The predicted octanol–water partition coefficient (Wildman–Crippen LogP) is 1.72. The Bertz CT molecular complexity index is 630. The number of hydrogen-bond donors (Lipinski definition) is 1. The molecule has 6 nitrogen and oxygen atoms in total. The highest BCUT2D eigenvalue weighted by atomic mass is 35.5. The predicted molar refractivity (Wildman–Crippen MR) is 84.9 cm³/mol. The molecule has 1 fully saturated rings. The van der Waals surface area contributed by atoms with Crippen molar-refractivity contribution in [1.29, 1.82) is 0 Å². The molecule has 0 saturated carbocycles. The SMILES string of the molecule is O=C(Cn1cc(Cl)cn1)N[C@H]1CCCN(c2ccccn2)C1. The van der Waals surface area contributed by atoms with Crippen molar-refractivity contribution in [3.05, 3.63) is 41.8 Å². The first-order valence-electron chi connectivity index (χ1n) is 7.34. The lowest BCUT2D eigenvalue weighted by Crippen LogP contribution is -2.48. The number of carbonyl (C=O) groups excluding carboxylic acids is 1. The van der Waals surface area contributed by atoms with E-state index in [1.807, 2.05) is 18.2 Å². The Balaban J connectivity index is 1.55. The van der Waals surface area contributed by atoms with Crippen molar-refractivity contribution in [3.63, 3.8) is 0 Å². The topological polar surface area (TPSA) is 63.1 Å². The molecule has 0 radical (unpaired) electrons. The summed E-state index contributed by atoms with van der Waals surface area (Å²) in [6, 6.07) is 6.01. The molecule has 0 aromatic carbocycles. The van der Waals surface area contributed by atoms with Gasteiger partial charge in [0.25, 0.3) is 0 Å². The molecule has 2 aromatic rings. The standard InChI is InChI=1S/C15H18ClN5O/c16-12-8-18-21(9-12)11-15(22)19-13-4-3-7-20(10-13)14-5-1-2-6-17-14/h1-2,5-6,8-9,13H,3-4,7,10-11H2,(H,19,22)/t13-/m0/s1. The van der Waals surface area contributed by atoms with Crippen molar-refractivity contribution >= 4 is 23.3 Å².